The van der Waals surface area contributed by atoms with Gasteiger partial charge in [-0.25, -0.2) is 4.39 Å². The molecule has 148 valence electrons. The molecular formula is C19H27FN4O3. The Morgan fingerprint density at radius 2 is 2.26 bits per heavy atom. The van der Waals surface area contributed by atoms with Crippen molar-refractivity contribution in [3.05, 3.63) is 24.0 Å². The van der Waals surface area contributed by atoms with Gasteiger partial charge in [0, 0.05) is 24.8 Å². The van der Waals surface area contributed by atoms with Gasteiger partial charge in [0.1, 0.15) is 18.5 Å². The van der Waals surface area contributed by atoms with Crippen LogP contribution in [0.3, 0.4) is 0 Å². The van der Waals surface area contributed by atoms with Gasteiger partial charge >= 0.3 is 0 Å². The van der Waals surface area contributed by atoms with Gasteiger partial charge in [0.05, 0.1) is 12.3 Å². The number of nitrogens with two attached hydrogens (primary N) is 1. The molecule has 1 aliphatic carbocycles. The molecule has 1 saturated heterocycles. The molecule has 2 fully saturated rings. The van der Waals surface area contributed by atoms with Crippen molar-refractivity contribution < 1.29 is 18.7 Å². The average molecular weight is 378 g/mol. The zero-order valence-electron chi connectivity index (χ0n) is 15.6. The van der Waals surface area contributed by atoms with E-state index in [1.54, 1.807) is 6.07 Å². The smallest absolute Gasteiger partial charge is 0.253 e. The molecular weight excluding hydrogens is 351 g/mol. The molecule has 2 amide bonds. The van der Waals surface area contributed by atoms with Crippen molar-refractivity contribution in [2.75, 3.05) is 43.1 Å². The molecule has 1 atom stereocenters. The van der Waals surface area contributed by atoms with Crippen LogP contribution in [0.1, 0.15) is 26.2 Å². The van der Waals surface area contributed by atoms with E-state index >= 15 is 0 Å². The first-order valence-electron chi connectivity index (χ1n) is 9.49. The number of halogens is 1. The molecule has 1 heterocycles. The summed E-state index contributed by atoms with van der Waals surface area (Å²) in [6.07, 6.45) is 3.29. The largest absolute Gasteiger partial charge is 0.370 e. The van der Waals surface area contributed by atoms with Crippen LogP contribution in [0.25, 0.3) is 0 Å². The SMILES string of the molecule is CCN(C1CCC1)[C@H](CN)C(=O)Nc1ccc(N2CCOCC2=O)cc1F. The monoisotopic (exact) mass is 378 g/mol. The molecule has 0 bridgehead atoms. The molecule has 27 heavy (non-hydrogen) atoms. The summed E-state index contributed by atoms with van der Waals surface area (Å²) in [7, 11) is 0. The zero-order chi connectivity index (χ0) is 19.4. The third-order valence-electron chi connectivity index (χ3n) is 5.34. The number of rotatable bonds is 7. The lowest BCUT2D eigenvalue weighted by atomic mass is 9.90. The number of nitrogens with one attached hydrogen (secondary N) is 1. The van der Waals surface area contributed by atoms with E-state index in [4.69, 9.17) is 10.5 Å². The highest BCUT2D eigenvalue weighted by Gasteiger charge is 2.33. The van der Waals surface area contributed by atoms with E-state index in [-0.39, 0.29) is 30.7 Å². The van der Waals surface area contributed by atoms with Crippen LogP contribution in [-0.2, 0) is 14.3 Å². The topological polar surface area (TPSA) is 87.9 Å². The first-order chi connectivity index (χ1) is 13.0. The van der Waals surface area contributed by atoms with Gasteiger partial charge < -0.3 is 20.7 Å². The van der Waals surface area contributed by atoms with Crippen LogP contribution in [0, 0.1) is 5.82 Å². The first kappa shape index (κ1) is 19.7. The average Bonchev–Trinajstić information content (AvgIpc) is 2.62. The Bertz CT molecular complexity index is 696. The van der Waals surface area contributed by atoms with Crippen molar-refractivity contribution in [2.24, 2.45) is 5.73 Å². The van der Waals surface area contributed by atoms with Crippen LogP contribution in [0.4, 0.5) is 15.8 Å². The Morgan fingerprint density at radius 3 is 2.81 bits per heavy atom. The molecule has 0 spiro atoms. The lowest BCUT2D eigenvalue weighted by molar-refractivity contribution is -0.125. The van der Waals surface area contributed by atoms with Gasteiger partial charge in [-0.15, -0.1) is 0 Å². The molecule has 1 aliphatic heterocycles. The van der Waals surface area contributed by atoms with Crippen LogP contribution in [0.2, 0.25) is 0 Å². The Labute approximate surface area is 158 Å². The number of amides is 2. The fraction of sp³-hybridized carbons (Fsp3) is 0.579. The maximum absolute atomic E-state index is 14.5. The molecule has 1 aromatic rings. The lowest BCUT2D eigenvalue weighted by Gasteiger charge is -2.40. The number of hydrogen-bond acceptors (Lipinski definition) is 5. The predicted molar refractivity (Wildman–Crippen MR) is 101 cm³/mol. The maximum Gasteiger partial charge on any atom is 0.253 e. The molecule has 2 aliphatic rings. The first-order valence-corrected chi connectivity index (χ1v) is 9.49. The standard InChI is InChI=1S/C19H27FN4O3/c1-2-23(13-4-3-5-13)17(11-21)19(26)22-16-7-6-14(10-15(16)20)24-8-9-27-12-18(24)25/h6-7,10,13,17H,2-5,8-9,11-12,21H2,1H3,(H,22,26)/t17-/m1/s1. The van der Waals surface area contributed by atoms with Crippen LogP contribution < -0.4 is 16.0 Å². The molecule has 7 nitrogen and oxygen atoms in total. The summed E-state index contributed by atoms with van der Waals surface area (Å²) in [4.78, 5) is 28.2. The van der Waals surface area contributed by atoms with Crippen molar-refractivity contribution >= 4 is 23.2 Å². The Kier molecular flexibility index (Phi) is 6.41. The highest BCUT2D eigenvalue weighted by atomic mass is 19.1. The summed E-state index contributed by atoms with van der Waals surface area (Å²) in [6.45, 7) is 3.69. The normalized spacial score (nSPS) is 19.1. The van der Waals surface area contributed by atoms with Crippen LogP contribution >= 0.6 is 0 Å². The van der Waals surface area contributed by atoms with Gasteiger partial charge in [0.15, 0.2) is 0 Å². The number of hydrogen-bond donors (Lipinski definition) is 2. The fourth-order valence-electron chi connectivity index (χ4n) is 3.62. The maximum atomic E-state index is 14.5. The molecule has 1 aromatic carbocycles. The van der Waals surface area contributed by atoms with Gasteiger partial charge in [-0.3, -0.25) is 14.5 Å². The molecule has 0 radical (unpaired) electrons. The number of nitrogens with zero attached hydrogens (tertiary/aromatic N) is 2. The van der Waals surface area contributed by atoms with Gasteiger partial charge in [-0.1, -0.05) is 13.3 Å². The minimum Gasteiger partial charge on any atom is -0.370 e. The lowest BCUT2D eigenvalue weighted by Crippen LogP contribution is -2.54. The summed E-state index contributed by atoms with van der Waals surface area (Å²) in [5.74, 6) is -1.09. The molecule has 3 N–H and O–H groups in total. The minimum atomic E-state index is -0.581. The Hall–Kier alpha value is -2.03. The van der Waals surface area contributed by atoms with E-state index in [2.05, 4.69) is 10.2 Å². The van der Waals surface area contributed by atoms with E-state index in [1.807, 2.05) is 6.92 Å². The van der Waals surface area contributed by atoms with Crippen LogP contribution in [0.15, 0.2) is 18.2 Å². The fourth-order valence-corrected chi connectivity index (χ4v) is 3.62. The van der Waals surface area contributed by atoms with Gasteiger partial charge in [0.25, 0.3) is 5.91 Å². The Balaban J connectivity index is 1.70. The predicted octanol–water partition coefficient (Wildman–Crippen LogP) is 1.33. The van der Waals surface area contributed by atoms with E-state index in [0.29, 0.717) is 24.9 Å². The molecule has 8 heteroatoms. The van der Waals surface area contributed by atoms with Crippen molar-refractivity contribution in [3.63, 3.8) is 0 Å². The highest BCUT2D eigenvalue weighted by molar-refractivity contribution is 5.97. The van der Waals surface area contributed by atoms with Crippen molar-refractivity contribution in [2.45, 2.75) is 38.3 Å². The second kappa shape index (κ2) is 8.77. The van der Waals surface area contributed by atoms with E-state index < -0.39 is 11.9 Å². The summed E-state index contributed by atoms with van der Waals surface area (Å²) in [5.41, 5.74) is 6.39. The highest BCUT2D eigenvalue weighted by Crippen LogP contribution is 2.27. The summed E-state index contributed by atoms with van der Waals surface area (Å²) in [5, 5.41) is 2.66. The van der Waals surface area contributed by atoms with Crippen molar-refractivity contribution in [3.8, 4) is 0 Å². The van der Waals surface area contributed by atoms with E-state index in [9.17, 15) is 14.0 Å². The number of carbonyl (C=O) groups excluding carboxylic acids is 2. The van der Waals surface area contributed by atoms with Crippen molar-refractivity contribution in [1.29, 1.82) is 0 Å². The van der Waals surface area contributed by atoms with Crippen molar-refractivity contribution in [1.82, 2.24) is 4.90 Å². The molecule has 3 rings (SSSR count). The molecule has 1 saturated carbocycles. The van der Waals surface area contributed by atoms with Crippen LogP contribution in [0.5, 0.6) is 0 Å². The van der Waals surface area contributed by atoms with Crippen LogP contribution in [-0.4, -0.2) is 61.6 Å². The summed E-state index contributed by atoms with van der Waals surface area (Å²) >= 11 is 0. The number of carbonyl (C=O) groups is 2. The number of benzene rings is 1. The van der Waals surface area contributed by atoms with Gasteiger partial charge in [-0.2, -0.15) is 0 Å². The Morgan fingerprint density at radius 1 is 1.48 bits per heavy atom. The van der Waals surface area contributed by atoms with E-state index in [1.165, 1.54) is 17.0 Å². The number of likely N-dealkylation sites (N-methyl/N-ethyl adjacent to an activating group) is 1. The third-order valence-corrected chi connectivity index (χ3v) is 5.34. The zero-order valence-corrected chi connectivity index (χ0v) is 15.6. The van der Waals surface area contributed by atoms with Gasteiger partial charge in [0.2, 0.25) is 5.91 Å². The van der Waals surface area contributed by atoms with E-state index in [0.717, 1.165) is 25.8 Å². The minimum absolute atomic E-state index is 0.00763. The summed E-state index contributed by atoms with van der Waals surface area (Å²) < 4.78 is 19.6. The summed E-state index contributed by atoms with van der Waals surface area (Å²) in [6, 6.07) is 4.26. The second-order valence-electron chi connectivity index (χ2n) is 6.92. The number of ether oxygens (including phenoxy) is 1. The number of anilines is 2. The molecule has 0 aromatic heterocycles. The molecule has 0 unspecified atom stereocenters. The number of morpholine rings is 1. The van der Waals surface area contributed by atoms with Gasteiger partial charge in [-0.05, 0) is 37.6 Å². The quantitative estimate of drug-likeness (QED) is 0.747. The third kappa shape index (κ3) is 4.28. The second-order valence-corrected chi connectivity index (χ2v) is 6.92.